The van der Waals surface area contributed by atoms with E-state index in [0.29, 0.717) is 0 Å². The van der Waals surface area contributed by atoms with Crippen LogP contribution in [0, 0.1) is 0 Å². The Kier molecular flexibility index (Phi) is 2.27. The van der Waals surface area contributed by atoms with Gasteiger partial charge in [0.25, 0.3) is 0 Å². The van der Waals surface area contributed by atoms with Gasteiger partial charge < -0.3 is 5.11 Å². The highest BCUT2D eigenvalue weighted by Crippen LogP contribution is 2.26. The molecule has 0 radical (unpaired) electrons. The van der Waals surface area contributed by atoms with Crippen molar-refractivity contribution in [3.05, 3.63) is 29.8 Å². The molecule has 2 rings (SSSR count). The van der Waals surface area contributed by atoms with E-state index in [1.165, 1.54) is 5.56 Å². The predicted molar refractivity (Wildman–Crippen MR) is 53.3 cm³/mol. The van der Waals surface area contributed by atoms with Gasteiger partial charge in [-0.05, 0) is 18.9 Å². The highest BCUT2D eigenvalue weighted by Gasteiger charge is 2.36. The zero-order chi connectivity index (χ0) is 9.26. The summed E-state index contributed by atoms with van der Waals surface area (Å²) in [5.41, 5.74) is 1.22. The van der Waals surface area contributed by atoms with Crippen molar-refractivity contribution in [3.63, 3.8) is 0 Å². The van der Waals surface area contributed by atoms with E-state index in [1.54, 1.807) is 0 Å². The summed E-state index contributed by atoms with van der Waals surface area (Å²) < 4.78 is 0. The summed E-state index contributed by atoms with van der Waals surface area (Å²) in [7, 11) is -0.555. The van der Waals surface area contributed by atoms with E-state index in [9.17, 15) is 4.79 Å². The van der Waals surface area contributed by atoms with Crippen LogP contribution in [0.4, 0.5) is 4.79 Å². The van der Waals surface area contributed by atoms with E-state index in [0.717, 1.165) is 23.5 Å². The number of rotatable bonds is 0. The van der Waals surface area contributed by atoms with Crippen LogP contribution in [-0.4, -0.2) is 16.2 Å². The molecule has 0 fully saturated rings. The number of carboxylic acid groups (broad SMARTS) is 1. The Morgan fingerprint density at radius 3 is 2.92 bits per heavy atom. The lowest BCUT2D eigenvalue weighted by molar-refractivity contribution is 0.221. The summed E-state index contributed by atoms with van der Waals surface area (Å²) in [5.74, 6) is 0.812. The normalized spacial score (nSPS) is 20.8. The Bertz CT molecular complexity index is 335. The van der Waals surface area contributed by atoms with Gasteiger partial charge in [0.1, 0.15) is 16.6 Å². The molecule has 0 amide bonds. The van der Waals surface area contributed by atoms with Gasteiger partial charge in [-0.25, -0.2) is 0 Å². The van der Waals surface area contributed by atoms with Crippen LogP contribution in [0.1, 0.15) is 12.0 Å². The second-order valence-corrected chi connectivity index (χ2v) is 5.05. The number of benzene rings is 1. The lowest BCUT2D eigenvalue weighted by Gasteiger charge is -2.12. The minimum atomic E-state index is -0.660. The number of aryl methyl sites for hydroxylation is 1. The molecule has 0 saturated heterocycles. The van der Waals surface area contributed by atoms with E-state index >= 15 is 0 Å². The Morgan fingerprint density at radius 1 is 1.38 bits per heavy atom. The maximum atomic E-state index is 10.9. The molecular weight excluding hydrogens is 184 g/mol. The summed E-state index contributed by atoms with van der Waals surface area (Å²) in [5, 5.41) is 8.34. The Labute approximate surface area is 79.9 Å². The molecule has 1 heterocycles. The van der Waals surface area contributed by atoms with E-state index in [1.807, 2.05) is 24.3 Å². The minimum absolute atomic E-state index is 0.555. The van der Waals surface area contributed by atoms with E-state index in [2.05, 4.69) is 0 Å². The zero-order valence-electron chi connectivity index (χ0n) is 7.19. The highest BCUT2D eigenvalue weighted by molar-refractivity contribution is 8.10. The topological polar surface area (TPSA) is 37.3 Å². The van der Waals surface area contributed by atoms with Crippen LogP contribution in [0.15, 0.2) is 29.2 Å². The summed E-state index contributed by atoms with van der Waals surface area (Å²) >= 11 is 0. The van der Waals surface area contributed by atoms with Crippen molar-refractivity contribution in [1.82, 2.24) is 0 Å². The molecule has 1 aliphatic rings. The molecule has 1 aliphatic heterocycles. The van der Waals surface area contributed by atoms with E-state index < -0.39 is 16.2 Å². The molecule has 68 valence electrons. The van der Waals surface area contributed by atoms with Crippen molar-refractivity contribution in [2.75, 3.05) is 5.75 Å². The standard InChI is InChI=1S/C10H10O2S/c11-10(12)13-7-3-5-8-4-1-2-6-9(8)13/h1-2,4,6H,3,5,7H2/p+1. The van der Waals surface area contributed by atoms with Crippen LogP contribution < -0.4 is 0 Å². The van der Waals surface area contributed by atoms with Gasteiger partial charge in [-0.1, -0.05) is 18.2 Å². The Balaban J connectivity index is 2.42. The van der Waals surface area contributed by atoms with Gasteiger partial charge in [-0.3, -0.25) is 0 Å². The minimum Gasteiger partial charge on any atom is -0.441 e. The summed E-state index contributed by atoms with van der Waals surface area (Å²) in [6.07, 6.45) is 2.04. The van der Waals surface area contributed by atoms with Crippen molar-refractivity contribution in [2.24, 2.45) is 0 Å². The average molecular weight is 195 g/mol. The van der Waals surface area contributed by atoms with Crippen LogP contribution in [0.5, 0.6) is 0 Å². The molecule has 1 atom stereocenters. The Morgan fingerprint density at radius 2 is 2.15 bits per heavy atom. The van der Waals surface area contributed by atoms with Gasteiger partial charge in [-0.2, -0.15) is 4.79 Å². The maximum Gasteiger partial charge on any atom is 0.528 e. The van der Waals surface area contributed by atoms with Crippen molar-refractivity contribution in [3.8, 4) is 0 Å². The lowest BCUT2D eigenvalue weighted by Crippen LogP contribution is -2.23. The monoisotopic (exact) mass is 195 g/mol. The van der Waals surface area contributed by atoms with Crippen molar-refractivity contribution >= 4 is 16.2 Å². The first-order chi connectivity index (χ1) is 6.29. The smallest absolute Gasteiger partial charge is 0.441 e. The zero-order valence-corrected chi connectivity index (χ0v) is 8.01. The molecular formula is C10H11O2S+. The average Bonchev–Trinajstić information content (AvgIpc) is 2.17. The number of hydrogen-bond acceptors (Lipinski definition) is 1. The van der Waals surface area contributed by atoms with E-state index in [-0.39, 0.29) is 0 Å². The third-order valence-corrected chi connectivity index (χ3v) is 4.29. The fourth-order valence-corrected chi connectivity index (χ4v) is 3.39. The van der Waals surface area contributed by atoms with Gasteiger partial charge in [0.15, 0.2) is 4.90 Å². The fourth-order valence-electron chi connectivity index (χ4n) is 1.65. The van der Waals surface area contributed by atoms with Gasteiger partial charge in [0.05, 0.1) is 0 Å². The molecule has 13 heavy (non-hydrogen) atoms. The largest absolute Gasteiger partial charge is 0.528 e. The highest BCUT2D eigenvalue weighted by atomic mass is 32.2. The summed E-state index contributed by atoms with van der Waals surface area (Å²) in [6.45, 7) is 0. The maximum absolute atomic E-state index is 10.9. The first kappa shape index (κ1) is 8.63. The van der Waals surface area contributed by atoms with Crippen LogP contribution in [-0.2, 0) is 17.3 Å². The third kappa shape index (κ3) is 1.56. The molecule has 0 bridgehead atoms. The van der Waals surface area contributed by atoms with Crippen LogP contribution in [0.3, 0.4) is 0 Å². The number of hydrogen-bond donors (Lipinski definition) is 1. The SMILES string of the molecule is O=C(O)[S+]1CCCc2ccccc21. The first-order valence-corrected chi connectivity index (χ1v) is 5.70. The molecule has 0 saturated carbocycles. The molecule has 1 unspecified atom stereocenters. The molecule has 2 nitrogen and oxygen atoms in total. The first-order valence-electron chi connectivity index (χ1n) is 4.31. The third-order valence-electron chi connectivity index (χ3n) is 2.24. The van der Waals surface area contributed by atoms with Crippen LogP contribution in [0.2, 0.25) is 0 Å². The van der Waals surface area contributed by atoms with E-state index in [4.69, 9.17) is 5.11 Å². The molecule has 1 N–H and O–H groups in total. The molecule has 1 aromatic carbocycles. The molecule has 1 aromatic rings. The summed E-state index contributed by atoms with van der Waals surface area (Å²) in [4.78, 5) is 12.0. The van der Waals surface area contributed by atoms with Gasteiger partial charge >= 0.3 is 5.30 Å². The number of carbonyl (C=O) groups is 1. The fraction of sp³-hybridized carbons (Fsp3) is 0.300. The number of fused-ring (bicyclic) bond motifs is 1. The predicted octanol–water partition coefficient (Wildman–Crippen LogP) is 2.29. The quantitative estimate of drug-likeness (QED) is 0.645. The van der Waals surface area contributed by atoms with Gasteiger partial charge in [0.2, 0.25) is 0 Å². The van der Waals surface area contributed by atoms with Gasteiger partial charge in [-0.15, -0.1) is 0 Å². The molecule has 0 aromatic heterocycles. The van der Waals surface area contributed by atoms with Crippen molar-refractivity contribution < 1.29 is 9.90 Å². The molecule has 0 spiro atoms. The second kappa shape index (κ2) is 3.42. The lowest BCUT2D eigenvalue weighted by atomic mass is 10.1. The van der Waals surface area contributed by atoms with Gasteiger partial charge in [0, 0.05) is 5.56 Å². The molecule has 3 heteroatoms. The molecule has 0 aliphatic carbocycles. The van der Waals surface area contributed by atoms with Crippen LogP contribution in [0.25, 0.3) is 0 Å². The van der Waals surface area contributed by atoms with Crippen LogP contribution >= 0.6 is 0 Å². The second-order valence-electron chi connectivity index (χ2n) is 3.07. The van der Waals surface area contributed by atoms with Crippen molar-refractivity contribution in [1.29, 1.82) is 0 Å². The summed E-state index contributed by atoms with van der Waals surface area (Å²) in [6, 6.07) is 7.89. The Hall–Kier alpha value is -0.960. The van der Waals surface area contributed by atoms with Crippen molar-refractivity contribution in [2.45, 2.75) is 17.7 Å².